The molecule has 2 atom stereocenters. The maximum Gasteiger partial charge on any atom is 0.132 e. The van der Waals surface area contributed by atoms with Gasteiger partial charge in [-0.25, -0.2) is 4.39 Å². The minimum Gasteiger partial charge on any atom is -0.206 e. The lowest BCUT2D eigenvalue weighted by molar-refractivity contribution is 0.490. The van der Waals surface area contributed by atoms with E-state index >= 15 is 0 Å². The van der Waals surface area contributed by atoms with Crippen LogP contribution in [0.15, 0.2) is 54.6 Å². The van der Waals surface area contributed by atoms with Crippen LogP contribution in [0.1, 0.15) is 62.3 Å². The summed E-state index contributed by atoms with van der Waals surface area (Å²) >= 11 is 1.78. The van der Waals surface area contributed by atoms with Gasteiger partial charge in [-0.3, -0.25) is 0 Å². The molecule has 0 amide bonds. The normalized spacial score (nSPS) is 19.2. The van der Waals surface area contributed by atoms with Gasteiger partial charge in [-0.05, 0) is 78.5 Å². The van der Waals surface area contributed by atoms with Gasteiger partial charge < -0.3 is 0 Å². The number of hydrogen-bond acceptors (Lipinski definition) is 1. The minimum atomic E-state index is -0.124. The van der Waals surface area contributed by atoms with Gasteiger partial charge in [-0.2, -0.15) is 0 Å². The Morgan fingerprint density at radius 2 is 1.71 bits per heavy atom. The Labute approximate surface area is 172 Å². The number of aryl methyl sites for hydroxylation is 1. The molecule has 28 heavy (non-hydrogen) atoms. The van der Waals surface area contributed by atoms with E-state index in [1.165, 1.54) is 42.5 Å². The van der Waals surface area contributed by atoms with Crippen LogP contribution in [0.2, 0.25) is 0 Å². The highest BCUT2D eigenvalue weighted by molar-refractivity contribution is 7.15. The van der Waals surface area contributed by atoms with Crippen LogP contribution >= 0.6 is 11.3 Å². The fourth-order valence-corrected chi connectivity index (χ4v) is 5.73. The van der Waals surface area contributed by atoms with Gasteiger partial charge in [0.1, 0.15) is 5.82 Å². The maximum atomic E-state index is 14.9. The maximum absolute atomic E-state index is 14.9. The molecule has 1 heterocycles. The molecule has 2 unspecified atom stereocenters. The van der Waals surface area contributed by atoms with Gasteiger partial charge in [0.2, 0.25) is 0 Å². The second kappa shape index (κ2) is 8.61. The SMILES string of the molecule is CCCC1CCC(c2ccc(-c3ccc(-c4ccc(CC)cc4)cc3F)s2)C1. The van der Waals surface area contributed by atoms with E-state index in [2.05, 4.69) is 50.2 Å². The fraction of sp³-hybridized carbons (Fsp3) is 0.385. The molecule has 0 bridgehead atoms. The van der Waals surface area contributed by atoms with Crippen LogP contribution in [0.4, 0.5) is 4.39 Å². The Balaban J connectivity index is 1.53. The molecule has 4 rings (SSSR count). The standard InChI is InChI=1S/C26H29FS/c1-3-5-19-8-11-22(16-19)25-14-15-26(28-25)23-13-12-21(17-24(23)27)20-9-6-18(4-2)7-10-20/h6-7,9-10,12-15,17,19,22H,3-5,8,11,16H2,1-2H3. The third-order valence-electron chi connectivity index (χ3n) is 6.20. The molecule has 0 radical (unpaired) electrons. The first-order valence-corrected chi connectivity index (χ1v) is 11.5. The van der Waals surface area contributed by atoms with Crippen molar-refractivity contribution in [2.75, 3.05) is 0 Å². The molecule has 146 valence electrons. The molecule has 1 aliphatic rings. The summed E-state index contributed by atoms with van der Waals surface area (Å²) in [6.07, 6.45) is 7.61. The molecule has 3 aromatic rings. The van der Waals surface area contributed by atoms with Crippen LogP contribution in [0.3, 0.4) is 0 Å². The molecule has 0 aliphatic heterocycles. The summed E-state index contributed by atoms with van der Waals surface area (Å²) in [5, 5.41) is 0. The Bertz CT molecular complexity index is 922. The Morgan fingerprint density at radius 3 is 2.43 bits per heavy atom. The predicted octanol–water partition coefficient (Wildman–Crippen LogP) is 8.47. The number of halogens is 1. The summed E-state index contributed by atoms with van der Waals surface area (Å²) in [5.74, 6) is 1.44. The molecular weight excluding hydrogens is 363 g/mol. The van der Waals surface area contributed by atoms with Crippen molar-refractivity contribution in [3.05, 3.63) is 70.9 Å². The fourth-order valence-electron chi connectivity index (χ4n) is 4.55. The summed E-state index contributed by atoms with van der Waals surface area (Å²) < 4.78 is 14.9. The first kappa shape index (κ1) is 19.4. The van der Waals surface area contributed by atoms with Gasteiger partial charge in [0.15, 0.2) is 0 Å². The molecule has 0 nitrogen and oxygen atoms in total. The third-order valence-corrected chi connectivity index (χ3v) is 7.48. The van der Waals surface area contributed by atoms with Crippen LogP contribution < -0.4 is 0 Å². The van der Waals surface area contributed by atoms with E-state index in [0.29, 0.717) is 5.92 Å². The van der Waals surface area contributed by atoms with Gasteiger partial charge in [0, 0.05) is 15.3 Å². The second-order valence-electron chi connectivity index (χ2n) is 8.11. The highest BCUT2D eigenvalue weighted by Gasteiger charge is 2.26. The van der Waals surface area contributed by atoms with E-state index in [9.17, 15) is 4.39 Å². The van der Waals surface area contributed by atoms with Crippen molar-refractivity contribution in [1.29, 1.82) is 0 Å². The smallest absolute Gasteiger partial charge is 0.132 e. The van der Waals surface area contributed by atoms with Gasteiger partial charge in [0.05, 0.1) is 0 Å². The molecule has 2 aromatic carbocycles. The zero-order chi connectivity index (χ0) is 19.5. The van der Waals surface area contributed by atoms with Crippen molar-refractivity contribution in [2.45, 2.75) is 58.3 Å². The average molecular weight is 393 g/mol. The summed E-state index contributed by atoms with van der Waals surface area (Å²) in [7, 11) is 0. The van der Waals surface area contributed by atoms with Gasteiger partial charge in [-0.15, -0.1) is 11.3 Å². The van der Waals surface area contributed by atoms with Crippen LogP contribution in [-0.2, 0) is 6.42 Å². The summed E-state index contributed by atoms with van der Waals surface area (Å²) in [5.41, 5.74) is 4.05. The van der Waals surface area contributed by atoms with E-state index < -0.39 is 0 Å². The van der Waals surface area contributed by atoms with E-state index in [1.54, 1.807) is 17.4 Å². The first-order chi connectivity index (χ1) is 13.7. The minimum absolute atomic E-state index is 0.124. The van der Waals surface area contributed by atoms with Crippen molar-refractivity contribution in [3.8, 4) is 21.6 Å². The molecular formula is C26H29FS. The quantitative estimate of drug-likeness (QED) is 0.394. The molecule has 1 fully saturated rings. The largest absolute Gasteiger partial charge is 0.206 e. The van der Waals surface area contributed by atoms with Crippen LogP contribution in [0.25, 0.3) is 21.6 Å². The zero-order valence-corrected chi connectivity index (χ0v) is 17.7. The van der Waals surface area contributed by atoms with E-state index in [0.717, 1.165) is 33.9 Å². The van der Waals surface area contributed by atoms with Crippen molar-refractivity contribution in [3.63, 3.8) is 0 Å². The molecule has 2 heteroatoms. The molecule has 0 N–H and O–H groups in total. The Kier molecular flexibility index (Phi) is 5.96. The molecule has 0 spiro atoms. The lowest BCUT2D eigenvalue weighted by Gasteiger charge is -2.09. The lowest BCUT2D eigenvalue weighted by Crippen LogP contribution is -1.93. The molecule has 1 aliphatic carbocycles. The van der Waals surface area contributed by atoms with Crippen molar-refractivity contribution in [2.24, 2.45) is 5.92 Å². The van der Waals surface area contributed by atoms with E-state index in [4.69, 9.17) is 0 Å². The highest BCUT2D eigenvalue weighted by atomic mass is 32.1. The number of rotatable bonds is 6. The van der Waals surface area contributed by atoms with Crippen molar-refractivity contribution in [1.82, 2.24) is 0 Å². The van der Waals surface area contributed by atoms with Gasteiger partial charge >= 0.3 is 0 Å². The van der Waals surface area contributed by atoms with Crippen LogP contribution in [0, 0.1) is 11.7 Å². The Hall–Kier alpha value is -1.93. The molecule has 1 saturated carbocycles. The topological polar surface area (TPSA) is 0 Å². The first-order valence-electron chi connectivity index (χ1n) is 10.7. The second-order valence-corrected chi connectivity index (χ2v) is 9.23. The summed E-state index contributed by atoms with van der Waals surface area (Å²) in [4.78, 5) is 2.49. The number of benzene rings is 2. The summed E-state index contributed by atoms with van der Waals surface area (Å²) in [6.45, 7) is 4.43. The monoisotopic (exact) mass is 392 g/mol. The lowest BCUT2D eigenvalue weighted by atomic mass is 9.99. The number of hydrogen-bond donors (Lipinski definition) is 0. The van der Waals surface area contributed by atoms with Crippen LogP contribution in [0.5, 0.6) is 0 Å². The van der Waals surface area contributed by atoms with Crippen LogP contribution in [-0.4, -0.2) is 0 Å². The average Bonchev–Trinajstić information content (AvgIpc) is 3.38. The van der Waals surface area contributed by atoms with Gasteiger partial charge in [0.25, 0.3) is 0 Å². The predicted molar refractivity (Wildman–Crippen MR) is 120 cm³/mol. The Morgan fingerprint density at radius 1 is 0.929 bits per heavy atom. The van der Waals surface area contributed by atoms with Crippen molar-refractivity contribution >= 4 is 11.3 Å². The van der Waals surface area contributed by atoms with Crippen molar-refractivity contribution < 1.29 is 4.39 Å². The zero-order valence-electron chi connectivity index (χ0n) is 16.9. The van der Waals surface area contributed by atoms with E-state index in [-0.39, 0.29) is 5.82 Å². The molecule has 0 saturated heterocycles. The number of thiophene rings is 1. The summed E-state index contributed by atoms with van der Waals surface area (Å²) in [6, 6.07) is 18.4. The van der Waals surface area contributed by atoms with Gasteiger partial charge in [-0.1, -0.05) is 57.0 Å². The van der Waals surface area contributed by atoms with E-state index in [1.807, 2.05) is 12.1 Å². The molecule has 1 aromatic heterocycles. The highest BCUT2D eigenvalue weighted by Crippen LogP contribution is 2.44. The third kappa shape index (κ3) is 4.07.